The number of hydrogen-bond acceptors (Lipinski definition) is 2. The second kappa shape index (κ2) is 3.55. The van der Waals surface area contributed by atoms with Gasteiger partial charge in [0.25, 0.3) is 0 Å². The minimum Gasteiger partial charge on any atom is -0.370 e. The Morgan fingerprint density at radius 2 is 2.27 bits per heavy atom. The zero-order chi connectivity index (χ0) is 11.0. The van der Waals surface area contributed by atoms with Gasteiger partial charge in [0.1, 0.15) is 0 Å². The molecule has 2 N–H and O–H groups in total. The quantitative estimate of drug-likeness (QED) is 0.793. The molecular weight excluding hydrogens is 184 g/mol. The van der Waals surface area contributed by atoms with Crippen molar-refractivity contribution in [3.8, 4) is 0 Å². The zero-order valence-corrected chi connectivity index (χ0v) is 9.09. The number of fused-ring (bicyclic) bond motifs is 1. The van der Waals surface area contributed by atoms with E-state index < -0.39 is 0 Å². The first kappa shape index (κ1) is 9.99. The van der Waals surface area contributed by atoms with Gasteiger partial charge in [-0.2, -0.15) is 0 Å². The van der Waals surface area contributed by atoms with Crippen molar-refractivity contribution in [3.63, 3.8) is 0 Å². The molecule has 0 atom stereocenters. The van der Waals surface area contributed by atoms with Crippen LogP contribution in [-0.2, 0) is 13.1 Å². The number of rotatable bonds is 2. The Hall–Kier alpha value is -1.54. The molecule has 1 aliphatic heterocycles. The molecule has 0 amide bonds. The van der Waals surface area contributed by atoms with Crippen molar-refractivity contribution in [1.29, 1.82) is 0 Å². The lowest BCUT2D eigenvalue weighted by atomic mass is 9.99. The van der Waals surface area contributed by atoms with Crippen LogP contribution in [0.15, 0.2) is 25.3 Å². The van der Waals surface area contributed by atoms with E-state index in [-0.39, 0.29) is 0 Å². The highest BCUT2D eigenvalue weighted by Gasteiger charge is 2.20. The molecule has 0 saturated carbocycles. The smallest absolute Gasteiger partial charge is 0.0433 e. The van der Waals surface area contributed by atoms with E-state index in [1.807, 2.05) is 6.08 Å². The van der Waals surface area contributed by atoms with Gasteiger partial charge in [0.15, 0.2) is 0 Å². The third-order valence-corrected chi connectivity index (χ3v) is 2.98. The lowest BCUT2D eigenvalue weighted by Gasteiger charge is -2.10. The van der Waals surface area contributed by atoms with Gasteiger partial charge in [-0.1, -0.05) is 25.3 Å². The highest BCUT2D eigenvalue weighted by molar-refractivity contribution is 5.72. The van der Waals surface area contributed by atoms with Gasteiger partial charge in [-0.3, -0.25) is 0 Å². The second-order valence-corrected chi connectivity index (χ2v) is 3.92. The first-order valence-corrected chi connectivity index (χ1v) is 5.06. The van der Waals surface area contributed by atoms with Crippen LogP contribution >= 0.6 is 0 Å². The Bertz CT molecular complexity index is 432. The van der Waals surface area contributed by atoms with Gasteiger partial charge in [-0.05, 0) is 22.8 Å². The summed E-state index contributed by atoms with van der Waals surface area (Å²) in [7, 11) is 2.05. The topological polar surface area (TPSA) is 29.3 Å². The van der Waals surface area contributed by atoms with Crippen LogP contribution in [-0.4, -0.2) is 11.9 Å². The van der Waals surface area contributed by atoms with Crippen LogP contribution in [0.25, 0.3) is 11.8 Å². The molecule has 15 heavy (non-hydrogen) atoms. The lowest BCUT2D eigenvalue weighted by Crippen LogP contribution is -2.06. The standard InChI is InChI=1S/C13H16N2/c1-4-10-6-13-9(2)15(3)8-12(13)5-11(10)7-14/h4-6H,1-2,7-8,14H2,3H3. The van der Waals surface area contributed by atoms with Crippen molar-refractivity contribution in [2.24, 2.45) is 5.73 Å². The fraction of sp³-hybridized carbons (Fsp3) is 0.231. The van der Waals surface area contributed by atoms with Crippen molar-refractivity contribution < 1.29 is 0 Å². The molecule has 0 fully saturated rings. The number of nitrogens with zero attached hydrogens (tertiary/aromatic N) is 1. The maximum Gasteiger partial charge on any atom is 0.0433 e. The Morgan fingerprint density at radius 3 is 2.87 bits per heavy atom. The van der Waals surface area contributed by atoms with Crippen LogP contribution in [0.5, 0.6) is 0 Å². The molecule has 1 aromatic rings. The fourth-order valence-electron chi connectivity index (χ4n) is 2.04. The molecular formula is C13H16N2. The van der Waals surface area contributed by atoms with E-state index in [1.54, 1.807) is 0 Å². The van der Waals surface area contributed by atoms with Crippen molar-refractivity contribution in [2.75, 3.05) is 7.05 Å². The maximum absolute atomic E-state index is 5.71. The third-order valence-electron chi connectivity index (χ3n) is 2.98. The van der Waals surface area contributed by atoms with Gasteiger partial charge in [-0.15, -0.1) is 0 Å². The predicted molar refractivity (Wildman–Crippen MR) is 64.9 cm³/mol. The molecule has 2 nitrogen and oxygen atoms in total. The summed E-state index contributed by atoms with van der Waals surface area (Å²) in [4.78, 5) is 2.15. The third kappa shape index (κ3) is 1.47. The second-order valence-electron chi connectivity index (χ2n) is 3.92. The molecule has 0 bridgehead atoms. The Labute approximate surface area is 90.7 Å². The molecule has 0 unspecified atom stereocenters. The van der Waals surface area contributed by atoms with Crippen molar-refractivity contribution >= 4 is 11.8 Å². The Kier molecular flexibility index (Phi) is 2.37. The first-order valence-electron chi connectivity index (χ1n) is 5.06. The van der Waals surface area contributed by atoms with Crippen LogP contribution in [0.4, 0.5) is 0 Å². The van der Waals surface area contributed by atoms with Gasteiger partial charge < -0.3 is 10.6 Å². The Balaban J connectivity index is 2.58. The normalized spacial score (nSPS) is 14.3. The summed E-state index contributed by atoms with van der Waals surface area (Å²) in [5, 5.41) is 0. The summed E-state index contributed by atoms with van der Waals surface area (Å²) in [5.74, 6) is 0. The maximum atomic E-state index is 5.71. The minimum absolute atomic E-state index is 0.560. The van der Waals surface area contributed by atoms with Gasteiger partial charge in [-0.25, -0.2) is 0 Å². The van der Waals surface area contributed by atoms with Crippen LogP contribution in [0, 0.1) is 0 Å². The monoisotopic (exact) mass is 200 g/mol. The molecule has 0 spiro atoms. The van der Waals surface area contributed by atoms with Crippen molar-refractivity contribution in [2.45, 2.75) is 13.1 Å². The summed E-state index contributed by atoms with van der Waals surface area (Å²) in [5.41, 5.74) is 11.6. The predicted octanol–water partition coefficient (Wildman–Crippen LogP) is 2.20. The van der Waals surface area contributed by atoms with E-state index in [2.05, 4.69) is 37.2 Å². The van der Waals surface area contributed by atoms with Gasteiger partial charge >= 0.3 is 0 Å². The van der Waals surface area contributed by atoms with Crippen LogP contribution in [0.2, 0.25) is 0 Å². The number of benzene rings is 1. The number of nitrogens with two attached hydrogens (primary N) is 1. The van der Waals surface area contributed by atoms with E-state index in [1.165, 1.54) is 11.1 Å². The molecule has 1 aliphatic rings. The molecule has 0 aromatic heterocycles. The van der Waals surface area contributed by atoms with Crippen LogP contribution in [0.3, 0.4) is 0 Å². The van der Waals surface area contributed by atoms with E-state index in [9.17, 15) is 0 Å². The fourth-order valence-corrected chi connectivity index (χ4v) is 2.04. The van der Waals surface area contributed by atoms with E-state index in [4.69, 9.17) is 5.73 Å². The SMILES string of the molecule is C=Cc1cc2c(cc1CN)CN(C)C2=C. The molecule has 0 aliphatic carbocycles. The summed E-state index contributed by atoms with van der Waals surface area (Å²) in [6, 6.07) is 4.30. The van der Waals surface area contributed by atoms with Gasteiger partial charge in [0.05, 0.1) is 0 Å². The van der Waals surface area contributed by atoms with Crippen LogP contribution < -0.4 is 5.73 Å². The largest absolute Gasteiger partial charge is 0.370 e. The highest BCUT2D eigenvalue weighted by atomic mass is 15.1. The summed E-state index contributed by atoms with van der Waals surface area (Å²) < 4.78 is 0. The summed E-state index contributed by atoms with van der Waals surface area (Å²) in [6.07, 6.45) is 1.86. The number of hydrogen-bond donors (Lipinski definition) is 1. The zero-order valence-electron chi connectivity index (χ0n) is 9.09. The summed E-state index contributed by atoms with van der Waals surface area (Å²) in [6.45, 7) is 9.37. The molecule has 1 heterocycles. The van der Waals surface area contributed by atoms with Crippen molar-refractivity contribution in [3.05, 3.63) is 47.5 Å². The highest BCUT2D eigenvalue weighted by Crippen LogP contribution is 2.32. The van der Waals surface area contributed by atoms with Gasteiger partial charge in [0.2, 0.25) is 0 Å². The molecule has 1 aromatic carbocycles. The minimum atomic E-state index is 0.560. The Morgan fingerprint density at radius 1 is 1.53 bits per heavy atom. The van der Waals surface area contributed by atoms with Crippen molar-refractivity contribution in [1.82, 2.24) is 4.90 Å². The lowest BCUT2D eigenvalue weighted by molar-refractivity contribution is 0.501. The van der Waals surface area contributed by atoms with E-state index >= 15 is 0 Å². The molecule has 2 rings (SSSR count). The molecule has 2 heteroatoms. The van der Waals surface area contributed by atoms with Gasteiger partial charge in [0, 0.05) is 31.4 Å². The van der Waals surface area contributed by atoms with E-state index in [0.717, 1.165) is 23.4 Å². The average molecular weight is 200 g/mol. The summed E-state index contributed by atoms with van der Waals surface area (Å²) >= 11 is 0. The molecule has 0 radical (unpaired) electrons. The average Bonchev–Trinajstić information content (AvgIpc) is 2.53. The van der Waals surface area contributed by atoms with Crippen LogP contribution in [0.1, 0.15) is 22.3 Å². The molecule has 0 saturated heterocycles. The van der Waals surface area contributed by atoms with E-state index in [0.29, 0.717) is 6.54 Å². The molecule has 78 valence electrons. The first-order chi connectivity index (χ1) is 7.17.